The maximum Gasteiger partial charge on any atom is 0.143 e. The van der Waals surface area contributed by atoms with Gasteiger partial charge in [-0.2, -0.15) is 0 Å². The molecule has 0 spiro atoms. The highest BCUT2D eigenvalue weighted by Crippen LogP contribution is 2.26. The molecule has 0 aliphatic heterocycles. The Kier molecular flexibility index (Phi) is 3.62. The molecule has 0 atom stereocenters. The molecule has 0 radical (unpaired) electrons. The molecule has 6 heteroatoms. The number of nitrogens with zero attached hydrogens (tertiary/aromatic N) is 2. The van der Waals surface area contributed by atoms with Crippen LogP contribution in [0.2, 0.25) is 5.02 Å². The summed E-state index contributed by atoms with van der Waals surface area (Å²) in [5.41, 5.74) is 8.17. The van der Waals surface area contributed by atoms with E-state index >= 15 is 0 Å². The van der Waals surface area contributed by atoms with Crippen LogP contribution in [0.25, 0.3) is 0 Å². The minimum atomic E-state index is -0.533. The maximum atomic E-state index is 13.1. The fourth-order valence-electron chi connectivity index (χ4n) is 1.41. The lowest BCUT2D eigenvalue weighted by atomic mass is 10.2. The van der Waals surface area contributed by atoms with E-state index in [0.29, 0.717) is 17.9 Å². The summed E-state index contributed by atoms with van der Waals surface area (Å²) >= 11 is 5.69. The number of aryl methyl sites for hydroxylation is 1. The molecule has 2 aromatic rings. The fraction of sp³-hybridized carbons (Fsp3) is 0.167. The number of halogens is 2. The summed E-state index contributed by atoms with van der Waals surface area (Å²) in [7, 11) is 0. The number of anilines is 2. The van der Waals surface area contributed by atoms with Crippen LogP contribution < -0.4 is 11.1 Å². The smallest absolute Gasteiger partial charge is 0.143 e. The first-order valence-corrected chi connectivity index (χ1v) is 5.70. The molecule has 0 fully saturated rings. The molecule has 0 amide bonds. The number of aromatic nitrogens is 2. The predicted octanol–water partition coefficient (Wildman–Crippen LogP) is 2.77. The van der Waals surface area contributed by atoms with Gasteiger partial charge in [-0.25, -0.2) is 4.39 Å². The van der Waals surface area contributed by atoms with Crippen molar-refractivity contribution in [2.45, 2.75) is 13.5 Å². The van der Waals surface area contributed by atoms with Crippen LogP contribution in [0.5, 0.6) is 0 Å². The van der Waals surface area contributed by atoms with Gasteiger partial charge in [0.2, 0.25) is 0 Å². The summed E-state index contributed by atoms with van der Waals surface area (Å²) in [4.78, 5) is 8.32. The van der Waals surface area contributed by atoms with Crippen molar-refractivity contribution in [3.05, 3.63) is 46.8 Å². The lowest BCUT2D eigenvalue weighted by Gasteiger charge is -2.09. The number of nitrogen functional groups attached to an aromatic ring is 1. The molecule has 1 aromatic carbocycles. The van der Waals surface area contributed by atoms with Gasteiger partial charge in [0, 0.05) is 12.3 Å². The molecular formula is C12H12ClFN4. The molecule has 0 saturated carbocycles. The molecule has 0 unspecified atom stereocenters. The average Bonchev–Trinajstić information content (AvgIpc) is 2.34. The highest BCUT2D eigenvalue weighted by atomic mass is 35.5. The Morgan fingerprint density at radius 3 is 2.78 bits per heavy atom. The normalized spacial score (nSPS) is 10.4. The van der Waals surface area contributed by atoms with Gasteiger partial charge >= 0.3 is 0 Å². The number of benzene rings is 1. The summed E-state index contributed by atoms with van der Waals surface area (Å²) in [6.07, 6.45) is 3.35. The largest absolute Gasteiger partial charge is 0.397 e. The van der Waals surface area contributed by atoms with E-state index in [4.69, 9.17) is 17.3 Å². The van der Waals surface area contributed by atoms with Crippen LogP contribution >= 0.6 is 11.6 Å². The van der Waals surface area contributed by atoms with E-state index in [1.54, 1.807) is 12.4 Å². The van der Waals surface area contributed by atoms with Crippen LogP contribution in [0.4, 0.5) is 15.8 Å². The van der Waals surface area contributed by atoms with Crippen molar-refractivity contribution in [2.24, 2.45) is 0 Å². The van der Waals surface area contributed by atoms with Crippen molar-refractivity contribution < 1.29 is 4.39 Å². The molecule has 0 saturated heterocycles. The highest BCUT2D eigenvalue weighted by Gasteiger charge is 2.06. The van der Waals surface area contributed by atoms with E-state index in [9.17, 15) is 4.39 Å². The van der Waals surface area contributed by atoms with Crippen LogP contribution in [-0.2, 0) is 6.54 Å². The Bertz CT molecular complexity index is 557. The van der Waals surface area contributed by atoms with Crippen molar-refractivity contribution in [3.8, 4) is 0 Å². The molecule has 0 aliphatic rings. The van der Waals surface area contributed by atoms with Gasteiger partial charge in [-0.1, -0.05) is 11.6 Å². The summed E-state index contributed by atoms with van der Waals surface area (Å²) in [6.45, 7) is 2.31. The number of nitrogens with two attached hydrogens (primary N) is 1. The molecule has 94 valence electrons. The first-order valence-electron chi connectivity index (χ1n) is 5.32. The number of rotatable bonds is 3. The quantitative estimate of drug-likeness (QED) is 0.839. The highest BCUT2D eigenvalue weighted by molar-refractivity contribution is 6.31. The van der Waals surface area contributed by atoms with E-state index in [2.05, 4.69) is 15.3 Å². The molecule has 1 aromatic heterocycles. The van der Waals surface area contributed by atoms with E-state index in [1.807, 2.05) is 6.92 Å². The monoisotopic (exact) mass is 266 g/mol. The van der Waals surface area contributed by atoms with E-state index in [0.717, 1.165) is 11.4 Å². The summed E-state index contributed by atoms with van der Waals surface area (Å²) in [6, 6.07) is 2.64. The van der Waals surface area contributed by atoms with Crippen molar-refractivity contribution in [1.29, 1.82) is 0 Å². The first kappa shape index (κ1) is 12.6. The van der Waals surface area contributed by atoms with Gasteiger partial charge in [0.05, 0.1) is 40.5 Å². The summed E-state index contributed by atoms with van der Waals surface area (Å²) < 4.78 is 13.1. The second-order valence-corrected chi connectivity index (χ2v) is 4.26. The summed E-state index contributed by atoms with van der Waals surface area (Å²) in [5.74, 6) is -0.533. The Morgan fingerprint density at radius 2 is 2.11 bits per heavy atom. The third kappa shape index (κ3) is 2.87. The van der Waals surface area contributed by atoms with Gasteiger partial charge in [-0.3, -0.25) is 9.97 Å². The van der Waals surface area contributed by atoms with Gasteiger partial charge in [-0.15, -0.1) is 0 Å². The molecule has 4 nitrogen and oxygen atoms in total. The lowest BCUT2D eigenvalue weighted by molar-refractivity contribution is 0.629. The molecule has 0 aliphatic carbocycles. The fourth-order valence-corrected chi connectivity index (χ4v) is 1.58. The standard InChI is InChI=1S/C12H12ClFN4/c1-7-4-17-8(5-16-7)6-18-12-2-9(13)10(14)3-11(12)15/h2-5,18H,6,15H2,1H3. The average molecular weight is 267 g/mol. The molecule has 1 heterocycles. The Hall–Kier alpha value is -1.88. The van der Waals surface area contributed by atoms with Gasteiger partial charge in [0.25, 0.3) is 0 Å². The topological polar surface area (TPSA) is 63.8 Å². The predicted molar refractivity (Wildman–Crippen MR) is 69.9 cm³/mol. The number of hydrogen-bond acceptors (Lipinski definition) is 4. The van der Waals surface area contributed by atoms with Gasteiger partial charge < -0.3 is 11.1 Å². The number of hydrogen-bond donors (Lipinski definition) is 2. The zero-order valence-corrected chi connectivity index (χ0v) is 10.5. The van der Waals surface area contributed by atoms with Crippen LogP contribution in [0, 0.1) is 12.7 Å². The molecule has 3 N–H and O–H groups in total. The van der Waals surface area contributed by atoms with Crippen molar-refractivity contribution in [1.82, 2.24) is 9.97 Å². The lowest BCUT2D eigenvalue weighted by Crippen LogP contribution is -2.05. The Balaban J connectivity index is 2.10. The molecule has 18 heavy (non-hydrogen) atoms. The van der Waals surface area contributed by atoms with Gasteiger partial charge in [-0.05, 0) is 13.0 Å². The molecular weight excluding hydrogens is 255 g/mol. The zero-order valence-electron chi connectivity index (χ0n) is 9.74. The van der Waals surface area contributed by atoms with E-state index in [-0.39, 0.29) is 5.02 Å². The molecule has 0 bridgehead atoms. The minimum Gasteiger partial charge on any atom is -0.397 e. The van der Waals surface area contributed by atoms with Crippen molar-refractivity contribution in [3.63, 3.8) is 0 Å². The number of nitrogens with one attached hydrogen (secondary N) is 1. The van der Waals surface area contributed by atoms with Crippen molar-refractivity contribution >= 4 is 23.0 Å². The first-order chi connectivity index (χ1) is 8.56. The second kappa shape index (κ2) is 5.18. The third-order valence-electron chi connectivity index (χ3n) is 2.39. The van der Waals surface area contributed by atoms with E-state index < -0.39 is 5.82 Å². The van der Waals surface area contributed by atoms with Crippen molar-refractivity contribution in [2.75, 3.05) is 11.1 Å². The Labute approximate surface area is 109 Å². The summed E-state index contributed by atoms with van der Waals surface area (Å²) in [5, 5.41) is 3.07. The van der Waals surface area contributed by atoms with Gasteiger partial charge in [0.1, 0.15) is 5.82 Å². The third-order valence-corrected chi connectivity index (χ3v) is 2.68. The van der Waals surface area contributed by atoms with Crippen LogP contribution in [0.1, 0.15) is 11.4 Å². The minimum absolute atomic E-state index is 0.0293. The maximum absolute atomic E-state index is 13.1. The Morgan fingerprint density at radius 1 is 1.33 bits per heavy atom. The van der Waals surface area contributed by atoms with Crippen LogP contribution in [-0.4, -0.2) is 9.97 Å². The van der Waals surface area contributed by atoms with Crippen LogP contribution in [0.3, 0.4) is 0 Å². The second-order valence-electron chi connectivity index (χ2n) is 3.86. The van der Waals surface area contributed by atoms with E-state index in [1.165, 1.54) is 12.1 Å². The van der Waals surface area contributed by atoms with Gasteiger partial charge in [0.15, 0.2) is 0 Å². The molecule has 2 rings (SSSR count). The van der Waals surface area contributed by atoms with Crippen LogP contribution in [0.15, 0.2) is 24.5 Å². The zero-order chi connectivity index (χ0) is 13.1. The SMILES string of the molecule is Cc1cnc(CNc2cc(Cl)c(F)cc2N)cn1.